The molecule has 0 amide bonds. The van der Waals surface area contributed by atoms with Crippen molar-refractivity contribution in [1.82, 2.24) is 0 Å². The minimum absolute atomic E-state index is 0.0977. The van der Waals surface area contributed by atoms with Crippen LogP contribution in [0.2, 0.25) is 0 Å². The maximum absolute atomic E-state index is 12.0. The molecule has 3 rings (SSSR count). The van der Waals surface area contributed by atoms with Gasteiger partial charge in [-0.1, -0.05) is 12.1 Å². The van der Waals surface area contributed by atoms with Crippen molar-refractivity contribution in [2.45, 2.75) is 37.6 Å². The molecule has 1 saturated heterocycles. The molecule has 0 saturated carbocycles. The molecule has 0 bridgehead atoms. The molecule has 170 valence electrons. The van der Waals surface area contributed by atoms with E-state index >= 15 is 0 Å². The Bertz CT molecular complexity index is 952. The molecule has 0 spiro atoms. The highest BCUT2D eigenvalue weighted by Gasteiger charge is 2.45. The van der Waals surface area contributed by atoms with Gasteiger partial charge in [0.1, 0.15) is 42.5 Å². The quantitative estimate of drug-likeness (QED) is 0.280. The highest BCUT2D eigenvalue weighted by molar-refractivity contribution is 5.94. The highest BCUT2D eigenvalue weighted by atomic mass is 16.7. The molecule has 5 unspecified atom stereocenters. The number of hydrogen-bond acceptors (Lipinski definition) is 9. The second-order valence-corrected chi connectivity index (χ2v) is 7.27. The molecule has 1 fully saturated rings. The largest absolute Gasteiger partial charge is 0.508 e. The van der Waals surface area contributed by atoms with Crippen LogP contribution in [-0.2, 0) is 14.3 Å². The van der Waals surface area contributed by atoms with Gasteiger partial charge in [0, 0.05) is 11.6 Å². The van der Waals surface area contributed by atoms with Gasteiger partial charge in [-0.2, -0.15) is 0 Å². The lowest BCUT2D eigenvalue weighted by molar-refractivity contribution is -0.278. The van der Waals surface area contributed by atoms with Gasteiger partial charge in [0.25, 0.3) is 0 Å². The van der Waals surface area contributed by atoms with Crippen LogP contribution in [0.1, 0.15) is 22.8 Å². The van der Waals surface area contributed by atoms with Gasteiger partial charge in [0.05, 0.1) is 0 Å². The predicted octanol–water partition coefficient (Wildman–Crippen LogP) is 1.04. The molecular formula is C23H24O9. The van der Waals surface area contributed by atoms with E-state index in [0.29, 0.717) is 11.1 Å². The number of carbonyl (C=O) groups is 2. The van der Waals surface area contributed by atoms with Crippen molar-refractivity contribution in [3.8, 4) is 11.5 Å². The van der Waals surface area contributed by atoms with Crippen molar-refractivity contribution >= 4 is 17.8 Å². The number of carbonyl (C=O) groups excluding carboxylic acids is 2. The van der Waals surface area contributed by atoms with E-state index in [1.165, 1.54) is 49.4 Å². The minimum atomic E-state index is -1.60. The van der Waals surface area contributed by atoms with Crippen LogP contribution in [0, 0.1) is 0 Å². The first-order chi connectivity index (χ1) is 15.2. The molecule has 2 aromatic carbocycles. The smallest absolute Gasteiger partial charge is 0.330 e. The van der Waals surface area contributed by atoms with Gasteiger partial charge in [-0.25, -0.2) is 4.79 Å². The summed E-state index contributed by atoms with van der Waals surface area (Å²) in [6.45, 7) is 1.03. The molecule has 1 heterocycles. The number of ether oxygens (including phenoxy) is 3. The molecule has 1 aliphatic heterocycles. The normalized spacial score (nSPS) is 25.4. The second kappa shape index (κ2) is 10.4. The maximum Gasteiger partial charge on any atom is 0.330 e. The molecule has 0 radical (unpaired) electrons. The third kappa shape index (κ3) is 5.92. The van der Waals surface area contributed by atoms with E-state index < -0.39 is 43.3 Å². The lowest BCUT2D eigenvalue weighted by Gasteiger charge is -2.39. The molecule has 2 aromatic rings. The number of Topliss-reactive ketones (excluding diaryl/α,β-unsaturated/α-hetero) is 1. The lowest BCUT2D eigenvalue weighted by atomic mass is 9.99. The van der Waals surface area contributed by atoms with Gasteiger partial charge in [-0.3, -0.25) is 4.79 Å². The van der Waals surface area contributed by atoms with Crippen LogP contribution < -0.4 is 4.74 Å². The van der Waals surface area contributed by atoms with Gasteiger partial charge >= 0.3 is 5.97 Å². The maximum atomic E-state index is 12.0. The standard InChI is InChI=1S/C23H24O9/c1-13(24)15-5-9-17(10-6-15)31-23-22(29)21(28)20(27)18(32-23)12-30-19(26)11-4-14-2-7-16(25)8-3-14/h2-11,18,20-23,25,27-29H,12H2,1H3/b11-4+. The van der Waals surface area contributed by atoms with Crippen molar-refractivity contribution < 1.29 is 44.2 Å². The van der Waals surface area contributed by atoms with E-state index in [2.05, 4.69) is 0 Å². The SMILES string of the molecule is CC(=O)c1ccc(OC2OC(COC(=O)/C=C/c3ccc(O)cc3)C(O)C(O)C2O)cc1. The molecular weight excluding hydrogens is 420 g/mol. The van der Waals surface area contributed by atoms with Crippen LogP contribution in [-0.4, -0.2) is 69.5 Å². The van der Waals surface area contributed by atoms with Crippen molar-refractivity contribution in [3.05, 3.63) is 65.7 Å². The van der Waals surface area contributed by atoms with Gasteiger partial charge in [0.15, 0.2) is 5.78 Å². The number of phenols is 1. The van der Waals surface area contributed by atoms with Crippen molar-refractivity contribution in [3.63, 3.8) is 0 Å². The van der Waals surface area contributed by atoms with Gasteiger partial charge in [-0.15, -0.1) is 0 Å². The van der Waals surface area contributed by atoms with Gasteiger partial charge in [0.2, 0.25) is 6.29 Å². The Kier molecular flexibility index (Phi) is 7.60. The summed E-state index contributed by atoms with van der Waals surface area (Å²) in [6, 6.07) is 12.2. The number of rotatable bonds is 7. The summed E-state index contributed by atoms with van der Waals surface area (Å²) in [6.07, 6.45) is -4.51. The van der Waals surface area contributed by atoms with Gasteiger partial charge < -0.3 is 34.6 Å². The molecule has 0 aliphatic carbocycles. The number of phenolic OH excluding ortho intramolecular Hbond substituents is 1. The second-order valence-electron chi connectivity index (χ2n) is 7.27. The number of benzene rings is 2. The molecule has 32 heavy (non-hydrogen) atoms. The van der Waals surface area contributed by atoms with Gasteiger partial charge in [-0.05, 0) is 55.0 Å². The summed E-state index contributed by atoms with van der Waals surface area (Å²) < 4.78 is 16.1. The number of hydrogen-bond donors (Lipinski definition) is 4. The highest BCUT2D eigenvalue weighted by Crippen LogP contribution is 2.25. The third-order valence-corrected chi connectivity index (χ3v) is 4.88. The van der Waals surface area contributed by atoms with E-state index in [0.717, 1.165) is 6.08 Å². The summed E-state index contributed by atoms with van der Waals surface area (Å²) >= 11 is 0. The molecule has 1 aliphatic rings. The fourth-order valence-electron chi connectivity index (χ4n) is 3.02. The summed E-state index contributed by atoms with van der Waals surface area (Å²) in [7, 11) is 0. The summed E-state index contributed by atoms with van der Waals surface area (Å²) in [5.74, 6) is -0.465. The summed E-state index contributed by atoms with van der Waals surface area (Å²) in [5.41, 5.74) is 1.14. The summed E-state index contributed by atoms with van der Waals surface area (Å²) in [5, 5.41) is 39.8. The van der Waals surface area contributed by atoms with Crippen molar-refractivity contribution in [2.75, 3.05) is 6.61 Å². The fraction of sp³-hybridized carbons (Fsp3) is 0.304. The van der Waals surface area contributed by atoms with E-state index in [9.17, 15) is 30.0 Å². The van der Waals surface area contributed by atoms with Crippen LogP contribution in [0.25, 0.3) is 6.08 Å². The van der Waals surface area contributed by atoms with Crippen LogP contribution in [0.15, 0.2) is 54.6 Å². The Balaban J connectivity index is 1.58. The number of aliphatic hydroxyl groups excluding tert-OH is 3. The first kappa shape index (κ1) is 23.4. The Morgan fingerprint density at radius 1 is 0.969 bits per heavy atom. The van der Waals surface area contributed by atoms with E-state index in [1.54, 1.807) is 12.1 Å². The zero-order valence-electron chi connectivity index (χ0n) is 17.2. The molecule has 4 N–H and O–H groups in total. The zero-order valence-corrected chi connectivity index (χ0v) is 17.2. The minimum Gasteiger partial charge on any atom is -0.508 e. The number of ketones is 1. The predicted molar refractivity (Wildman–Crippen MR) is 112 cm³/mol. The monoisotopic (exact) mass is 444 g/mol. The molecule has 5 atom stereocenters. The van der Waals surface area contributed by atoms with E-state index in [-0.39, 0.29) is 17.3 Å². The van der Waals surface area contributed by atoms with Crippen LogP contribution in [0.4, 0.5) is 0 Å². The zero-order chi connectivity index (χ0) is 23.3. The fourth-order valence-corrected chi connectivity index (χ4v) is 3.02. The lowest BCUT2D eigenvalue weighted by Crippen LogP contribution is -2.60. The third-order valence-electron chi connectivity index (χ3n) is 4.88. The van der Waals surface area contributed by atoms with Crippen LogP contribution in [0.5, 0.6) is 11.5 Å². The number of esters is 1. The average molecular weight is 444 g/mol. The van der Waals surface area contributed by atoms with Crippen molar-refractivity contribution in [1.29, 1.82) is 0 Å². The first-order valence-corrected chi connectivity index (χ1v) is 9.86. The first-order valence-electron chi connectivity index (χ1n) is 9.86. The number of aliphatic hydroxyl groups is 3. The molecule has 9 heteroatoms. The summed E-state index contributed by atoms with van der Waals surface area (Å²) in [4.78, 5) is 23.3. The average Bonchev–Trinajstić information content (AvgIpc) is 2.78. The van der Waals surface area contributed by atoms with Crippen molar-refractivity contribution in [2.24, 2.45) is 0 Å². The topological polar surface area (TPSA) is 143 Å². The Morgan fingerprint density at radius 2 is 1.62 bits per heavy atom. The Hall–Kier alpha value is -3.24. The Labute approximate surface area is 184 Å². The van der Waals surface area contributed by atoms with Crippen LogP contribution in [0.3, 0.4) is 0 Å². The number of aromatic hydroxyl groups is 1. The van der Waals surface area contributed by atoms with E-state index in [4.69, 9.17) is 14.2 Å². The van der Waals surface area contributed by atoms with Crippen LogP contribution >= 0.6 is 0 Å². The molecule has 0 aromatic heterocycles. The molecule has 9 nitrogen and oxygen atoms in total. The van der Waals surface area contributed by atoms with E-state index in [1.807, 2.05) is 0 Å². The Morgan fingerprint density at radius 3 is 2.25 bits per heavy atom.